The molecule has 0 bridgehead atoms. The van der Waals surface area contributed by atoms with Crippen molar-refractivity contribution in [3.63, 3.8) is 0 Å². The van der Waals surface area contributed by atoms with Gasteiger partial charge < -0.3 is 30.0 Å². The van der Waals surface area contributed by atoms with Crippen molar-refractivity contribution in [1.82, 2.24) is 10.6 Å². The van der Waals surface area contributed by atoms with Gasteiger partial charge in [-0.05, 0) is 37.1 Å². The Labute approximate surface area is 176 Å². The quantitative estimate of drug-likeness (QED) is 0.290. The smallest absolute Gasteiger partial charge is 0.404 e. The fourth-order valence-electron chi connectivity index (χ4n) is 2.19. The van der Waals surface area contributed by atoms with E-state index in [0.29, 0.717) is 76.7 Å². The lowest BCUT2D eigenvalue weighted by atomic mass is 10.1. The van der Waals surface area contributed by atoms with Crippen molar-refractivity contribution >= 4 is 12.0 Å². The maximum Gasteiger partial charge on any atom is 0.404 e. The molecular weight excluding hydrogens is 390 g/mol. The first-order valence-corrected chi connectivity index (χ1v) is 9.62. The van der Waals surface area contributed by atoms with Gasteiger partial charge in [0.1, 0.15) is 0 Å². The molecule has 0 unspecified atom stereocenters. The van der Waals surface area contributed by atoms with Crippen LogP contribution in [0.1, 0.15) is 28.8 Å². The van der Waals surface area contributed by atoms with Gasteiger partial charge in [0.05, 0.1) is 26.4 Å². The fraction of sp³-hybridized carbons (Fsp3) is 0.476. The number of hydrogen-bond acceptors (Lipinski definition) is 6. The van der Waals surface area contributed by atoms with Crippen LogP contribution in [0, 0.1) is 23.2 Å². The summed E-state index contributed by atoms with van der Waals surface area (Å²) in [6.07, 6.45) is 0.273. The molecule has 1 aromatic rings. The summed E-state index contributed by atoms with van der Waals surface area (Å²) in [4.78, 5) is 22.2. The molecule has 0 heterocycles. The number of nitriles is 1. The fourth-order valence-corrected chi connectivity index (χ4v) is 2.19. The molecule has 9 heteroatoms. The Morgan fingerprint density at radius 1 is 0.867 bits per heavy atom. The summed E-state index contributed by atoms with van der Waals surface area (Å²) < 4.78 is 16.1. The van der Waals surface area contributed by atoms with Crippen LogP contribution >= 0.6 is 0 Å². The van der Waals surface area contributed by atoms with Gasteiger partial charge in [0.2, 0.25) is 0 Å². The summed E-state index contributed by atoms with van der Waals surface area (Å²) in [6.45, 7) is 3.68. The van der Waals surface area contributed by atoms with Crippen LogP contribution in [0.25, 0.3) is 0 Å². The minimum atomic E-state index is -1.03. The summed E-state index contributed by atoms with van der Waals surface area (Å²) in [5.41, 5.74) is 1.22. The van der Waals surface area contributed by atoms with Crippen LogP contribution < -0.4 is 10.6 Å². The summed E-state index contributed by atoms with van der Waals surface area (Å²) in [6, 6.07) is 8.48. The van der Waals surface area contributed by atoms with Crippen LogP contribution in [0.4, 0.5) is 4.79 Å². The number of rotatable bonds is 15. The Hall–Kier alpha value is -3.11. The predicted octanol–water partition coefficient (Wildman–Crippen LogP) is 1.39. The van der Waals surface area contributed by atoms with Crippen molar-refractivity contribution in [1.29, 1.82) is 5.26 Å². The number of carboxylic acid groups (broad SMARTS) is 1. The zero-order valence-corrected chi connectivity index (χ0v) is 16.8. The molecule has 0 saturated heterocycles. The van der Waals surface area contributed by atoms with Gasteiger partial charge in [-0.3, -0.25) is 4.79 Å². The highest BCUT2D eigenvalue weighted by atomic mass is 16.5. The average molecular weight is 417 g/mol. The lowest BCUT2D eigenvalue weighted by Gasteiger charge is -2.08. The number of hydrogen-bond donors (Lipinski definition) is 3. The molecule has 0 aliphatic heterocycles. The Kier molecular flexibility index (Phi) is 14.0. The first-order valence-electron chi connectivity index (χ1n) is 9.62. The van der Waals surface area contributed by atoms with Gasteiger partial charge in [-0.25, -0.2) is 4.79 Å². The molecule has 0 atom stereocenters. The van der Waals surface area contributed by atoms with Gasteiger partial charge in [0, 0.05) is 43.4 Å². The number of carbonyl (C=O) groups excluding carboxylic acids is 1. The molecule has 0 spiro atoms. The van der Waals surface area contributed by atoms with Gasteiger partial charge in [0.15, 0.2) is 6.07 Å². The molecule has 1 aromatic carbocycles. The van der Waals surface area contributed by atoms with E-state index in [4.69, 9.17) is 24.6 Å². The van der Waals surface area contributed by atoms with Crippen molar-refractivity contribution in [3.05, 3.63) is 35.4 Å². The Bertz CT molecular complexity index is 734. The number of carbonyl (C=O) groups is 2. The van der Waals surface area contributed by atoms with E-state index in [2.05, 4.69) is 22.5 Å². The summed E-state index contributed by atoms with van der Waals surface area (Å²) in [5, 5.41) is 21.9. The second kappa shape index (κ2) is 16.8. The van der Waals surface area contributed by atoms with Gasteiger partial charge in [-0.2, -0.15) is 5.26 Å². The van der Waals surface area contributed by atoms with Crippen molar-refractivity contribution in [3.8, 4) is 17.9 Å². The maximum atomic E-state index is 12.0. The Balaban J connectivity index is 1.92. The largest absolute Gasteiger partial charge is 0.465 e. The normalized spacial score (nSPS) is 9.83. The van der Waals surface area contributed by atoms with Gasteiger partial charge >= 0.3 is 6.09 Å². The second-order valence-electron chi connectivity index (χ2n) is 5.97. The van der Waals surface area contributed by atoms with E-state index in [1.54, 1.807) is 30.3 Å². The number of ether oxygens (including phenoxy) is 3. The highest BCUT2D eigenvalue weighted by Gasteiger charge is 2.04. The minimum Gasteiger partial charge on any atom is -0.465 e. The number of amides is 2. The Morgan fingerprint density at radius 2 is 1.40 bits per heavy atom. The van der Waals surface area contributed by atoms with E-state index >= 15 is 0 Å². The topological polar surface area (TPSA) is 130 Å². The molecule has 30 heavy (non-hydrogen) atoms. The summed E-state index contributed by atoms with van der Waals surface area (Å²) in [5.74, 6) is 4.80. The van der Waals surface area contributed by atoms with Crippen LogP contribution in [0.2, 0.25) is 0 Å². The third-order valence-corrected chi connectivity index (χ3v) is 3.65. The van der Waals surface area contributed by atoms with Crippen molar-refractivity contribution in [2.75, 3.05) is 52.7 Å². The minimum absolute atomic E-state index is 0.170. The molecule has 9 nitrogen and oxygen atoms in total. The van der Waals surface area contributed by atoms with Crippen molar-refractivity contribution in [2.45, 2.75) is 12.8 Å². The highest BCUT2D eigenvalue weighted by Crippen LogP contribution is 2.03. The SMILES string of the molecule is N#CC#Cc1ccc(C(=O)NCCCOCCOCCOCCCNC(=O)O)cc1. The first-order chi connectivity index (χ1) is 14.6. The zero-order chi connectivity index (χ0) is 21.9. The zero-order valence-electron chi connectivity index (χ0n) is 16.8. The monoisotopic (exact) mass is 417 g/mol. The maximum absolute atomic E-state index is 12.0. The number of benzene rings is 1. The van der Waals surface area contributed by atoms with Crippen molar-refractivity contribution < 1.29 is 28.9 Å². The molecule has 0 aliphatic rings. The summed E-state index contributed by atoms with van der Waals surface area (Å²) in [7, 11) is 0. The predicted molar refractivity (Wildman–Crippen MR) is 109 cm³/mol. The first kappa shape index (κ1) is 24.9. The van der Waals surface area contributed by atoms with Gasteiger partial charge in [-0.15, -0.1) is 0 Å². The average Bonchev–Trinajstić information content (AvgIpc) is 2.75. The lowest BCUT2D eigenvalue weighted by Crippen LogP contribution is -2.25. The van der Waals surface area contributed by atoms with E-state index in [9.17, 15) is 9.59 Å². The van der Waals surface area contributed by atoms with E-state index in [1.165, 1.54) is 0 Å². The molecule has 0 fully saturated rings. The molecule has 0 radical (unpaired) electrons. The van der Waals surface area contributed by atoms with Crippen LogP contribution in [0.3, 0.4) is 0 Å². The molecule has 162 valence electrons. The summed E-state index contributed by atoms with van der Waals surface area (Å²) >= 11 is 0. The van der Waals surface area contributed by atoms with E-state index in [0.717, 1.165) is 0 Å². The number of nitrogens with zero attached hydrogens (tertiary/aromatic N) is 1. The highest BCUT2D eigenvalue weighted by molar-refractivity contribution is 5.94. The molecule has 0 aliphatic carbocycles. The second-order valence-corrected chi connectivity index (χ2v) is 5.97. The van der Waals surface area contributed by atoms with Gasteiger partial charge in [0.25, 0.3) is 5.91 Å². The van der Waals surface area contributed by atoms with Gasteiger partial charge in [-0.1, -0.05) is 5.92 Å². The molecule has 1 rings (SSSR count). The molecule has 0 saturated carbocycles. The van der Waals surface area contributed by atoms with Crippen LogP contribution in [-0.4, -0.2) is 69.8 Å². The van der Waals surface area contributed by atoms with E-state index in [1.807, 2.05) is 0 Å². The standard InChI is InChI=1S/C21H27N3O6/c22-9-1-4-18-5-7-19(8-6-18)20(25)23-10-2-12-28-14-16-30-17-15-29-13-3-11-24-21(26)27/h5-8,24H,2-3,10-17H2,(H,23,25)(H,26,27). The molecule has 0 aromatic heterocycles. The molecule has 2 amide bonds. The molecule has 3 N–H and O–H groups in total. The third-order valence-electron chi connectivity index (χ3n) is 3.65. The van der Waals surface area contributed by atoms with Crippen LogP contribution in [0.15, 0.2) is 24.3 Å². The Morgan fingerprint density at radius 3 is 1.93 bits per heavy atom. The van der Waals surface area contributed by atoms with Crippen molar-refractivity contribution in [2.24, 2.45) is 0 Å². The van der Waals surface area contributed by atoms with Crippen LogP contribution in [-0.2, 0) is 14.2 Å². The lowest BCUT2D eigenvalue weighted by molar-refractivity contribution is 0.0139. The van der Waals surface area contributed by atoms with Crippen LogP contribution in [0.5, 0.6) is 0 Å². The number of nitrogens with one attached hydrogen (secondary N) is 2. The molecular formula is C21H27N3O6. The van der Waals surface area contributed by atoms with E-state index < -0.39 is 6.09 Å². The third kappa shape index (κ3) is 13.1. The van der Waals surface area contributed by atoms with E-state index in [-0.39, 0.29) is 5.91 Å².